The molecule has 0 fully saturated rings. The van der Waals surface area contributed by atoms with Crippen LogP contribution in [0.4, 0.5) is 5.69 Å². The molecular weight excluding hydrogens is 306 g/mol. The average Bonchev–Trinajstić information content (AvgIpc) is 2.60. The molecule has 1 unspecified atom stereocenters. The first-order chi connectivity index (χ1) is 11.6. The Morgan fingerprint density at radius 2 is 2.00 bits per heavy atom. The molecule has 0 radical (unpaired) electrons. The van der Waals surface area contributed by atoms with Gasteiger partial charge < -0.3 is 15.2 Å². The van der Waals surface area contributed by atoms with Gasteiger partial charge in [-0.15, -0.1) is 0 Å². The Morgan fingerprint density at radius 3 is 2.83 bits per heavy atom. The summed E-state index contributed by atoms with van der Waals surface area (Å²) in [6.07, 6.45) is 2.84. The third-order valence-electron chi connectivity index (χ3n) is 4.15. The van der Waals surface area contributed by atoms with Gasteiger partial charge in [-0.25, -0.2) is 4.79 Å². The highest BCUT2D eigenvalue weighted by Crippen LogP contribution is 2.32. The molecule has 3 rings (SSSR count). The molecule has 1 atom stereocenters. The number of amides is 1. The topological polar surface area (TPSA) is 75.6 Å². The number of rotatable bonds is 5. The average molecular weight is 325 g/mol. The third kappa shape index (κ3) is 3.74. The SMILES string of the molecule is O=C(O)COc1cccc(NC(=O)C2CCCc3ccccc32)c1. The molecular formula is C19H19NO4. The van der Waals surface area contributed by atoms with Gasteiger partial charge in [0.1, 0.15) is 5.75 Å². The highest BCUT2D eigenvalue weighted by Gasteiger charge is 2.26. The Hall–Kier alpha value is -2.82. The Bertz CT molecular complexity index is 757. The van der Waals surface area contributed by atoms with E-state index in [4.69, 9.17) is 9.84 Å². The van der Waals surface area contributed by atoms with E-state index in [0.717, 1.165) is 24.8 Å². The van der Waals surface area contributed by atoms with Crippen molar-refractivity contribution in [2.75, 3.05) is 11.9 Å². The van der Waals surface area contributed by atoms with Crippen molar-refractivity contribution in [2.45, 2.75) is 25.2 Å². The van der Waals surface area contributed by atoms with Gasteiger partial charge in [0.05, 0.1) is 5.92 Å². The molecule has 1 aliphatic rings. The summed E-state index contributed by atoms with van der Waals surface area (Å²) < 4.78 is 5.14. The van der Waals surface area contributed by atoms with Crippen LogP contribution in [0.3, 0.4) is 0 Å². The number of anilines is 1. The van der Waals surface area contributed by atoms with Crippen molar-refractivity contribution >= 4 is 17.6 Å². The number of carboxylic acids is 1. The molecule has 0 bridgehead atoms. The highest BCUT2D eigenvalue weighted by atomic mass is 16.5. The van der Waals surface area contributed by atoms with Crippen molar-refractivity contribution in [3.05, 3.63) is 59.7 Å². The maximum absolute atomic E-state index is 12.7. The lowest BCUT2D eigenvalue weighted by Crippen LogP contribution is -2.24. The number of hydrogen-bond acceptors (Lipinski definition) is 3. The van der Waals surface area contributed by atoms with Crippen molar-refractivity contribution in [2.24, 2.45) is 0 Å². The molecule has 5 heteroatoms. The van der Waals surface area contributed by atoms with Crippen LogP contribution in [-0.4, -0.2) is 23.6 Å². The number of carbonyl (C=O) groups is 2. The van der Waals surface area contributed by atoms with Crippen LogP contribution in [0.2, 0.25) is 0 Å². The van der Waals surface area contributed by atoms with Crippen LogP contribution in [0.1, 0.15) is 29.9 Å². The van der Waals surface area contributed by atoms with E-state index in [-0.39, 0.29) is 11.8 Å². The number of carbonyl (C=O) groups excluding carboxylic acids is 1. The standard InChI is InChI=1S/C19H19NO4/c21-18(22)12-24-15-8-4-7-14(11-15)20-19(23)17-10-3-6-13-5-1-2-9-16(13)17/h1-2,4-5,7-9,11,17H,3,6,10,12H2,(H,20,23)(H,21,22). The fourth-order valence-electron chi connectivity index (χ4n) is 3.06. The molecule has 2 aromatic carbocycles. The minimum absolute atomic E-state index is 0.0439. The highest BCUT2D eigenvalue weighted by molar-refractivity contribution is 5.96. The van der Waals surface area contributed by atoms with Gasteiger partial charge in [-0.2, -0.15) is 0 Å². The predicted molar refractivity (Wildman–Crippen MR) is 90.3 cm³/mol. The van der Waals surface area contributed by atoms with Gasteiger partial charge in [-0.05, 0) is 42.5 Å². The number of fused-ring (bicyclic) bond motifs is 1. The number of carboxylic acid groups (broad SMARTS) is 1. The summed E-state index contributed by atoms with van der Waals surface area (Å²) in [6, 6.07) is 14.8. The smallest absolute Gasteiger partial charge is 0.341 e. The molecule has 1 amide bonds. The van der Waals surface area contributed by atoms with Gasteiger partial charge in [0, 0.05) is 11.8 Å². The van der Waals surface area contributed by atoms with Gasteiger partial charge >= 0.3 is 5.97 Å². The second kappa shape index (κ2) is 7.17. The van der Waals surface area contributed by atoms with Crippen LogP contribution >= 0.6 is 0 Å². The van der Waals surface area contributed by atoms with Gasteiger partial charge in [0.2, 0.25) is 5.91 Å². The molecule has 2 N–H and O–H groups in total. The molecule has 24 heavy (non-hydrogen) atoms. The van der Waals surface area contributed by atoms with Gasteiger partial charge in [0.25, 0.3) is 0 Å². The van der Waals surface area contributed by atoms with Crippen molar-refractivity contribution in [3.63, 3.8) is 0 Å². The summed E-state index contributed by atoms with van der Waals surface area (Å²) in [6.45, 7) is -0.409. The van der Waals surface area contributed by atoms with E-state index in [2.05, 4.69) is 11.4 Å². The van der Waals surface area contributed by atoms with Crippen molar-refractivity contribution < 1.29 is 19.4 Å². The van der Waals surface area contributed by atoms with Crippen molar-refractivity contribution in [1.29, 1.82) is 0 Å². The summed E-state index contributed by atoms with van der Waals surface area (Å²) in [5, 5.41) is 11.6. The van der Waals surface area contributed by atoms with Gasteiger partial charge in [-0.3, -0.25) is 4.79 Å². The first kappa shape index (κ1) is 16.1. The fourth-order valence-corrected chi connectivity index (χ4v) is 3.06. The van der Waals surface area contributed by atoms with Crippen LogP contribution in [0.25, 0.3) is 0 Å². The van der Waals surface area contributed by atoms with E-state index in [1.54, 1.807) is 24.3 Å². The Labute approximate surface area is 140 Å². The lowest BCUT2D eigenvalue weighted by molar-refractivity contribution is -0.139. The monoisotopic (exact) mass is 325 g/mol. The Kier molecular flexibility index (Phi) is 4.79. The van der Waals surface area contributed by atoms with Gasteiger partial charge in [0.15, 0.2) is 6.61 Å². The predicted octanol–water partition coefficient (Wildman–Crippen LogP) is 3.21. The summed E-state index contributed by atoms with van der Waals surface area (Å²) in [5.74, 6) is -0.821. The van der Waals surface area contributed by atoms with Crippen LogP contribution in [0.5, 0.6) is 5.75 Å². The van der Waals surface area contributed by atoms with E-state index in [9.17, 15) is 9.59 Å². The van der Waals surface area contributed by atoms with Crippen LogP contribution in [0, 0.1) is 0 Å². The van der Waals surface area contributed by atoms with E-state index in [0.29, 0.717) is 11.4 Å². The molecule has 0 heterocycles. The second-order valence-corrected chi connectivity index (χ2v) is 5.84. The number of aliphatic carboxylic acids is 1. The third-order valence-corrected chi connectivity index (χ3v) is 4.15. The maximum atomic E-state index is 12.7. The minimum atomic E-state index is -1.04. The van der Waals surface area contributed by atoms with Crippen LogP contribution < -0.4 is 10.1 Å². The first-order valence-electron chi connectivity index (χ1n) is 7.97. The number of hydrogen-bond donors (Lipinski definition) is 2. The fraction of sp³-hybridized carbons (Fsp3) is 0.263. The lowest BCUT2D eigenvalue weighted by Gasteiger charge is -2.24. The zero-order valence-electron chi connectivity index (χ0n) is 13.2. The lowest BCUT2D eigenvalue weighted by atomic mass is 9.82. The number of aryl methyl sites for hydroxylation is 1. The van der Waals surface area contributed by atoms with E-state index < -0.39 is 12.6 Å². The molecule has 1 aliphatic carbocycles. The number of nitrogens with one attached hydrogen (secondary N) is 1. The largest absolute Gasteiger partial charge is 0.482 e. The molecule has 0 saturated carbocycles. The zero-order chi connectivity index (χ0) is 16.9. The normalized spacial score (nSPS) is 16.1. The summed E-state index contributed by atoms with van der Waals surface area (Å²) >= 11 is 0. The van der Waals surface area contributed by atoms with E-state index in [1.165, 1.54) is 5.56 Å². The second-order valence-electron chi connectivity index (χ2n) is 5.84. The molecule has 0 aliphatic heterocycles. The zero-order valence-corrected chi connectivity index (χ0v) is 13.2. The molecule has 0 spiro atoms. The Balaban J connectivity index is 1.72. The van der Waals surface area contributed by atoms with E-state index >= 15 is 0 Å². The van der Waals surface area contributed by atoms with Crippen LogP contribution in [-0.2, 0) is 16.0 Å². The summed E-state index contributed by atoms with van der Waals surface area (Å²) in [4.78, 5) is 23.2. The molecule has 0 aromatic heterocycles. The molecule has 5 nitrogen and oxygen atoms in total. The number of ether oxygens (including phenoxy) is 1. The Morgan fingerprint density at radius 1 is 1.17 bits per heavy atom. The van der Waals surface area contributed by atoms with Crippen molar-refractivity contribution in [3.8, 4) is 5.75 Å². The quantitative estimate of drug-likeness (QED) is 0.885. The minimum Gasteiger partial charge on any atom is -0.482 e. The summed E-state index contributed by atoms with van der Waals surface area (Å²) in [5.41, 5.74) is 2.94. The summed E-state index contributed by atoms with van der Waals surface area (Å²) in [7, 11) is 0. The maximum Gasteiger partial charge on any atom is 0.341 e. The van der Waals surface area contributed by atoms with E-state index in [1.807, 2.05) is 18.2 Å². The van der Waals surface area contributed by atoms with Crippen LogP contribution in [0.15, 0.2) is 48.5 Å². The van der Waals surface area contributed by atoms with Gasteiger partial charge in [-0.1, -0.05) is 30.3 Å². The molecule has 2 aromatic rings. The molecule has 124 valence electrons. The number of benzene rings is 2. The van der Waals surface area contributed by atoms with Crippen molar-refractivity contribution in [1.82, 2.24) is 0 Å². The first-order valence-corrected chi connectivity index (χ1v) is 7.97. The molecule has 0 saturated heterocycles.